The number of anilines is 1. The van der Waals surface area contributed by atoms with Crippen LogP contribution in [0.2, 0.25) is 0 Å². The number of rotatable bonds is 4. The van der Waals surface area contributed by atoms with Gasteiger partial charge < -0.3 is 4.90 Å². The van der Waals surface area contributed by atoms with Gasteiger partial charge in [0, 0.05) is 44.0 Å². The van der Waals surface area contributed by atoms with Crippen LogP contribution in [0, 0.1) is 6.92 Å². The summed E-state index contributed by atoms with van der Waals surface area (Å²) in [6.45, 7) is 2.77. The molecule has 0 aromatic carbocycles. The van der Waals surface area contributed by atoms with E-state index in [1.54, 1.807) is 4.68 Å². The summed E-state index contributed by atoms with van der Waals surface area (Å²) in [6.07, 6.45) is 3.88. The molecule has 0 unspecified atom stereocenters. The molecule has 0 aliphatic carbocycles. The van der Waals surface area contributed by atoms with Crippen molar-refractivity contribution >= 4 is 17.4 Å². The Morgan fingerprint density at radius 3 is 2.72 bits per heavy atom. The van der Waals surface area contributed by atoms with Crippen molar-refractivity contribution in [3.05, 3.63) is 41.3 Å². The van der Waals surface area contributed by atoms with Crippen molar-refractivity contribution in [2.45, 2.75) is 19.3 Å². The van der Waals surface area contributed by atoms with Gasteiger partial charge in [-0.1, -0.05) is 0 Å². The summed E-state index contributed by atoms with van der Waals surface area (Å²) in [7, 11) is 3.94. The van der Waals surface area contributed by atoms with Crippen molar-refractivity contribution < 1.29 is 0 Å². The third-order valence-electron chi connectivity index (χ3n) is 2.72. The van der Waals surface area contributed by atoms with Gasteiger partial charge in [0.25, 0.3) is 0 Å². The largest absolute Gasteiger partial charge is 0.355 e. The topological polar surface area (TPSA) is 34.0 Å². The average molecular weight is 265 g/mol. The molecule has 0 spiro atoms. The molecule has 18 heavy (non-hydrogen) atoms. The summed E-state index contributed by atoms with van der Waals surface area (Å²) in [5, 5.41) is 4.16. The molecule has 0 bridgehead atoms. The molecule has 2 rings (SSSR count). The number of alkyl halides is 1. The first-order valence-electron chi connectivity index (χ1n) is 5.80. The minimum absolute atomic E-state index is 0.511. The van der Waals surface area contributed by atoms with E-state index < -0.39 is 0 Å². The first-order valence-corrected chi connectivity index (χ1v) is 6.34. The molecule has 2 heterocycles. The van der Waals surface area contributed by atoms with Gasteiger partial charge in [-0.3, -0.25) is 4.68 Å². The van der Waals surface area contributed by atoms with Crippen LogP contribution in [0.1, 0.15) is 16.8 Å². The Bertz CT molecular complexity index is 536. The standard InChI is InChI=1S/C13H17ClN4/c1-10-4-11(6-14)5-13(16-10)17(2)8-12-7-15-18(3)9-12/h4-5,7,9H,6,8H2,1-3H3. The molecule has 0 amide bonds. The van der Waals surface area contributed by atoms with Crippen LogP contribution in [0.3, 0.4) is 0 Å². The number of aromatic nitrogens is 3. The van der Waals surface area contributed by atoms with E-state index in [1.165, 1.54) is 0 Å². The van der Waals surface area contributed by atoms with E-state index in [0.29, 0.717) is 5.88 Å². The molecule has 2 aromatic heterocycles. The number of halogens is 1. The molecule has 5 heteroatoms. The lowest BCUT2D eigenvalue weighted by Crippen LogP contribution is -2.18. The predicted molar refractivity (Wildman–Crippen MR) is 73.8 cm³/mol. The summed E-state index contributed by atoms with van der Waals surface area (Å²) < 4.78 is 1.80. The highest BCUT2D eigenvalue weighted by atomic mass is 35.5. The minimum atomic E-state index is 0.511. The first kappa shape index (κ1) is 12.9. The Labute approximate surface area is 112 Å². The second-order valence-corrected chi connectivity index (χ2v) is 4.75. The third kappa shape index (κ3) is 3.01. The fraction of sp³-hybridized carbons (Fsp3) is 0.385. The highest BCUT2D eigenvalue weighted by Crippen LogP contribution is 2.17. The second-order valence-electron chi connectivity index (χ2n) is 4.49. The molecule has 0 radical (unpaired) electrons. The van der Waals surface area contributed by atoms with Gasteiger partial charge >= 0.3 is 0 Å². The Balaban J connectivity index is 2.17. The molecule has 2 aromatic rings. The smallest absolute Gasteiger partial charge is 0.129 e. The molecule has 0 aliphatic heterocycles. The van der Waals surface area contributed by atoms with E-state index in [-0.39, 0.29) is 0 Å². The van der Waals surface area contributed by atoms with Crippen LogP contribution in [0.15, 0.2) is 24.5 Å². The lowest BCUT2D eigenvalue weighted by atomic mass is 10.2. The van der Waals surface area contributed by atoms with Gasteiger partial charge in [-0.2, -0.15) is 5.10 Å². The zero-order chi connectivity index (χ0) is 13.1. The quantitative estimate of drug-likeness (QED) is 0.796. The maximum Gasteiger partial charge on any atom is 0.129 e. The Kier molecular flexibility index (Phi) is 3.87. The number of hydrogen-bond donors (Lipinski definition) is 0. The highest BCUT2D eigenvalue weighted by Gasteiger charge is 2.07. The fourth-order valence-electron chi connectivity index (χ4n) is 1.90. The van der Waals surface area contributed by atoms with E-state index in [0.717, 1.165) is 29.2 Å². The number of nitrogens with zero attached hydrogens (tertiary/aromatic N) is 4. The van der Waals surface area contributed by atoms with Gasteiger partial charge in [-0.25, -0.2) is 4.98 Å². The highest BCUT2D eigenvalue weighted by molar-refractivity contribution is 6.17. The SMILES string of the molecule is Cc1cc(CCl)cc(N(C)Cc2cnn(C)c2)n1. The van der Waals surface area contributed by atoms with Gasteiger partial charge in [0.2, 0.25) is 0 Å². The van der Waals surface area contributed by atoms with E-state index >= 15 is 0 Å². The van der Waals surface area contributed by atoms with Crippen LogP contribution < -0.4 is 4.90 Å². The normalized spacial score (nSPS) is 10.7. The molecule has 0 aliphatic rings. The molecule has 96 valence electrons. The number of pyridine rings is 1. The van der Waals surface area contributed by atoms with Crippen LogP contribution in [0.25, 0.3) is 0 Å². The lowest BCUT2D eigenvalue weighted by Gasteiger charge is -2.18. The van der Waals surface area contributed by atoms with E-state index in [1.807, 2.05) is 45.5 Å². The molecule has 0 saturated heterocycles. The monoisotopic (exact) mass is 264 g/mol. The van der Waals surface area contributed by atoms with Crippen LogP contribution in [-0.2, 0) is 19.5 Å². The third-order valence-corrected chi connectivity index (χ3v) is 3.03. The van der Waals surface area contributed by atoms with Crippen LogP contribution in [-0.4, -0.2) is 21.8 Å². The maximum atomic E-state index is 5.88. The van der Waals surface area contributed by atoms with Crippen molar-refractivity contribution in [2.75, 3.05) is 11.9 Å². The van der Waals surface area contributed by atoms with Crippen molar-refractivity contribution in [1.82, 2.24) is 14.8 Å². The fourth-order valence-corrected chi connectivity index (χ4v) is 2.06. The molecular formula is C13H17ClN4. The average Bonchev–Trinajstić information content (AvgIpc) is 2.73. The lowest BCUT2D eigenvalue weighted by molar-refractivity contribution is 0.766. The Morgan fingerprint density at radius 1 is 1.33 bits per heavy atom. The zero-order valence-electron chi connectivity index (χ0n) is 10.9. The zero-order valence-corrected chi connectivity index (χ0v) is 11.6. The number of aryl methyl sites for hydroxylation is 2. The van der Waals surface area contributed by atoms with Gasteiger partial charge in [0.15, 0.2) is 0 Å². The molecule has 0 N–H and O–H groups in total. The molecule has 0 atom stereocenters. The van der Waals surface area contributed by atoms with Crippen LogP contribution in [0.4, 0.5) is 5.82 Å². The predicted octanol–water partition coefficient (Wildman–Crippen LogP) is 2.50. The van der Waals surface area contributed by atoms with Gasteiger partial charge in [0.1, 0.15) is 5.82 Å². The summed E-state index contributed by atoms with van der Waals surface area (Å²) in [6, 6.07) is 4.03. The van der Waals surface area contributed by atoms with E-state index in [2.05, 4.69) is 15.0 Å². The van der Waals surface area contributed by atoms with Crippen LogP contribution in [0.5, 0.6) is 0 Å². The summed E-state index contributed by atoms with van der Waals surface area (Å²) in [5.74, 6) is 1.45. The molecular weight excluding hydrogens is 248 g/mol. The Morgan fingerprint density at radius 2 is 2.11 bits per heavy atom. The second kappa shape index (κ2) is 5.40. The van der Waals surface area contributed by atoms with Crippen molar-refractivity contribution in [3.8, 4) is 0 Å². The molecule has 4 nitrogen and oxygen atoms in total. The summed E-state index contributed by atoms with van der Waals surface area (Å²) in [5.41, 5.74) is 3.24. The van der Waals surface area contributed by atoms with E-state index in [9.17, 15) is 0 Å². The van der Waals surface area contributed by atoms with Gasteiger partial charge in [0.05, 0.1) is 6.20 Å². The summed E-state index contributed by atoms with van der Waals surface area (Å²) in [4.78, 5) is 6.62. The molecule has 0 fully saturated rings. The van der Waals surface area contributed by atoms with Gasteiger partial charge in [-0.05, 0) is 24.6 Å². The number of hydrogen-bond acceptors (Lipinski definition) is 3. The van der Waals surface area contributed by atoms with Crippen molar-refractivity contribution in [3.63, 3.8) is 0 Å². The first-order chi connectivity index (χ1) is 8.58. The maximum absolute atomic E-state index is 5.88. The van der Waals surface area contributed by atoms with Gasteiger partial charge in [-0.15, -0.1) is 11.6 Å². The minimum Gasteiger partial charge on any atom is -0.355 e. The van der Waals surface area contributed by atoms with E-state index in [4.69, 9.17) is 11.6 Å². The summed E-state index contributed by atoms with van der Waals surface area (Å²) >= 11 is 5.88. The Hall–Kier alpha value is -1.55. The van der Waals surface area contributed by atoms with Crippen molar-refractivity contribution in [2.24, 2.45) is 7.05 Å². The molecule has 0 saturated carbocycles. The van der Waals surface area contributed by atoms with Crippen molar-refractivity contribution in [1.29, 1.82) is 0 Å². The van der Waals surface area contributed by atoms with Crippen LogP contribution >= 0.6 is 11.6 Å².